The van der Waals surface area contributed by atoms with E-state index in [2.05, 4.69) is 19.3 Å². The number of nitrogens with zero attached hydrogens (tertiary/aromatic N) is 2. The molecular formula is C19H22F3N3O3S. The van der Waals surface area contributed by atoms with Crippen molar-refractivity contribution in [2.45, 2.75) is 18.4 Å². The van der Waals surface area contributed by atoms with Gasteiger partial charge < -0.3 is 14.5 Å². The molecule has 1 fully saturated rings. The first-order valence-electron chi connectivity index (χ1n) is 8.97. The largest absolute Gasteiger partial charge is 0.432 e. The van der Waals surface area contributed by atoms with Gasteiger partial charge in [0.05, 0.1) is 10.6 Å². The third kappa shape index (κ3) is 5.13. The molecule has 0 saturated carbocycles. The van der Waals surface area contributed by atoms with Crippen molar-refractivity contribution in [3.63, 3.8) is 0 Å². The van der Waals surface area contributed by atoms with E-state index in [9.17, 15) is 21.6 Å². The minimum absolute atomic E-state index is 0.0237. The Morgan fingerprint density at radius 1 is 1.07 bits per heavy atom. The number of likely N-dealkylation sites (N-methyl/N-ethyl adjacent to an activating group) is 1. The van der Waals surface area contributed by atoms with E-state index in [0.717, 1.165) is 49.6 Å². The van der Waals surface area contributed by atoms with Crippen molar-refractivity contribution < 1.29 is 26.3 Å². The van der Waals surface area contributed by atoms with Gasteiger partial charge in [0.25, 0.3) is 10.0 Å². The molecule has 0 spiro atoms. The topological polar surface area (TPSA) is 61.9 Å². The van der Waals surface area contributed by atoms with Gasteiger partial charge in [-0.2, -0.15) is 8.78 Å². The molecule has 29 heavy (non-hydrogen) atoms. The number of aryl methyl sites for hydroxylation is 1. The van der Waals surface area contributed by atoms with Gasteiger partial charge in [0.1, 0.15) is 5.82 Å². The second-order valence-corrected chi connectivity index (χ2v) is 8.55. The first kappa shape index (κ1) is 21.3. The zero-order valence-corrected chi connectivity index (χ0v) is 16.8. The summed E-state index contributed by atoms with van der Waals surface area (Å²) in [6.07, 6.45) is 0. The molecule has 1 N–H and O–H groups in total. The van der Waals surface area contributed by atoms with Gasteiger partial charge in [-0.05, 0) is 43.8 Å². The Labute approximate surface area is 167 Å². The number of sulfonamides is 1. The van der Waals surface area contributed by atoms with E-state index in [0.29, 0.717) is 6.07 Å². The number of hydrogen-bond acceptors (Lipinski definition) is 5. The van der Waals surface area contributed by atoms with Crippen LogP contribution in [0.1, 0.15) is 5.56 Å². The van der Waals surface area contributed by atoms with Gasteiger partial charge in [0.15, 0.2) is 5.75 Å². The number of nitrogens with one attached hydrogen (secondary N) is 1. The Morgan fingerprint density at radius 3 is 2.41 bits per heavy atom. The molecule has 0 bridgehead atoms. The lowest BCUT2D eigenvalue weighted by Crippen LogP contribution is -2.44. The van der Waals surface area contributed by atoms with Crippen molar-refractivity contribution in [1.82, 2.24) is 4.90 Å². The SMILES string of the molecule is Cc1ccc(S(=O)(=O)Nc2ccc(F)cc2OC(F)F)cc1N1CCN(C)CC1. The summed E-state index contributed by atoms with van der Waals surface area (Å²) >= 11 is 0. The summed E-state index contributed by atoms with van der Waals surface area (Å²) in [5.74, 6) is -1.41. The van der Waals surface area contributed by atoms with E-state index in [1.807, 2.05) is 14.0 Å². The van der Waals surface area contributed by atoms with E-state index in [1.165, 1.54) is 6.07 Å². The number of rotatable bonds is 6. The van der Waals surface area contributed by atoms with Crippen molar-refractivity contribution in [3.8, 4) is 5.75 Å². The fourth-order valence-electron chi connectivity index (χ4n) is 3.12. The van der Waals surface area contributed by atoms with Gasteiger partial charge in [0, 0.05) is 37.9 Å². The van der Waals surface area contributed by atoms with Gasteiger partial charge in [-0.1, -0.05) is 6.07 Å². The van der Waals surface area contributed by atoms with Gasteiger partial charge >= 0.3 is 6.61 Å². The predicted octanol–water partition coefficient (Wildman–Crippen LogP) is 3.29. The summed E-state index contributed by atoms with van der Waals surface area (Å²) in [6, 6.07) is 7.40. The first-order chi connectivity index (χ1) is 13.7. The Hall–Kier alpha value is -2.46. The molecule has 158 valence electrons. The molecule has 1 aliphatic rings. The highest BCUT2D eigenvalue weighted by molar-refractivity contribution is 7.92. The number of ether oxygens (including phenoxy) is 1. The zero-order chi connectivity index (χ0) is 21.2. The zero-order valence-electron chi connectivity index (χ0n) is 16.0. The average molecular weight is 429 g/mol. The molecule has 0 atom stereocenters. The van der Waals surface area contributed by atoms with Crippen molar-refractivity contribution in [1.29, 1.82) is 0 Å². The average Bonchev–Trinajstić information content (AvgIpc) is 2.64. The molecule has 1 heterocycles. The summed E-state index contributed by atoms with van der Waals surface area (Å²) < 4.78 is 70.7. The smallest absolute Gasteiger partial charge is 0.387 e. The summed E-state index contributed by atoms with van der Waals surface area (Å²) in [5.41, 5.74) is 1.45. The fraction of sp³-hybridized carbons (Fsp3) is 0.368. The Balaban J connectivity index is 1.90. The lowest BCUT2D eigenvalue weighted by atomic mass is 10.1. The van der Waals surface area contributed by atoms with Crippen molar-refractivity contribution in [3.05, 3.63) is 47.8 Å². The third-order valence-corrected chi connectivity index (χ3v) is 6.10. The monoisotopic (exact) mass is 429 g/mol. The van der Waals surface area contributed by atoms with Crippen LogP contribution in [0.15, 0.2) is 41.3 Å². The van der Waals surface area contributed by atoms with Gasteiger partial charge in [-0.15, -0.1) is 0 Å². The molecule has 6 nitrogen and oxygen atoms in total. The van der Waals surface area contributed by atoms with Crippen molar-refractivity contribution >= 4 is 21.4 Å². The summed E-state index contributed by atoms with van der Waals surface area (Å²) in [7, 11) is -2.08. The molecule has 0 radical (unpaired) electrons. The number of hydrogen-bond donors (Lipinski definition) is 1. The van der Waals surface area contributed by atoms with Crippen LogP contribution in [0.5, 0.6) is 5.75 Å². The van der Waals surface area contributed by atoms with Crippen LogP contribution in [0, 0.1) is 12.7 Å². The summed E-state index contributed by atoms with van der Waals surface area (Å²) in [4.78, 5) is 4.27. The van der Waals surface area contributed by atoms with Gasteiger partial charge in [-0.25, -0.2) is 12.8 Å². The lowest BCUT2D eigenvalue weighted by Gasteiger charge is -2.35. The normalized spacial score (nSPS) is 15.6. The molecule has 3 rings (SSSR count). The highest BCUT2D eigenvalue weighted by atomic mass is 32.2. The van der Waals surface area contributed by atoms with Crippen LogP contribution in [0.25, 0.3) is 0 Å². The van der Waals surface area contributed by atoms with E-state index >= 15 is 0 Å². The number of halogens is 3. The van der Waals surface area contributed by atoms with E-state index in [-0.39, 0.29) is 10.6 Å². The summed E-state index contributed by atoms with van der Waals surface area (Å²) in [6.45, 7) is 1.92. The highest BCUT2D eigenvalue weighted by Gasteiger charge is 2.22. The molecule has 0 aromatic heterocycles. The second kappa shape index (κ2) is 8.50. The molecule has 0 unspecified atom stereocenters. The minimum Gasteiger partial charge on any atom is -0.432 e. The molecule has 2 aromatic rings. The fourth-order valence-corrected chi connectivity index (χ4v) is 4.21. The van der Waals surface area contributed by atoms with Crippen LogP contribution >= 0.6 is 0 Å². The third-order valence-electron chi connectivity index (χ3n) is 4.74. The minimum atomic E-state index is -4.11. The number of piperazine rings is 1. The molecule has 1 saturated heterocycles. The number of benzene rings is 2. The number of anilines is 2. The Morgan fingerprint density at radius 2 is 1.76 bits per heavy atom. The van der Waals surface area contributed by atoms with Crippen molar-refractivity contribution in [2.75, 3.05) is 42.8 Å². The second-order valence-electron chi connectivity index (χ2n) is 6.86. The molecule has 0 amide bonds. The molecule has 10 heteroatoms. The summed E-state index contributed by atoms with van der Waals surface area (Å²) in [5, 5.41) is 0. The van der Waals surface area contributed by atoms with Crippen molar-refractivity contribution in [2.24, 2.45) is 0 Å². The molecular weight excluding hydrogens is 407 g/mol. The van der Waals surface area contributed by atoms with Crippen LogP contribution in [0.2, 0.25) is 0 Å². The molecule has 2 aromatic carbocycles. The van der Waals surface area contributed by atoms with Crippen LogP contribution in [0.3, 0.4) is 0 Å². The Bertz CT molecular complexity index is 978. The maximum atomic E-state index is 13.4. The molecule has 1 aliphatic heterocycles. The van der Waals surface area contributed by atoms with Crippen LogP contribution in [-0.2, 0) is 10.0 Å². The maximum absolute atomic E-state index is 13.4. The molecule has 0 aliphatic carbocycles. The quantitative estimate of drug-likeness (QED) is 0.764. The van der Waals surface area contributed by atoms with Crippen LogP contribution in [-0.4, -0.2) is 53.2 Å². The van der Waals surface area contributed by atoms with E-state index in [4.69, 9.17) is 0 Å². The Kier molecular flexibility index (Phi) is 6.23. The van der Waals surface area contributed by atoms with Crippen LogP contribution in [0.4, 0.5) is 24.5 Å². The highest BCUT2D eigenvalue weighted by Crippen LogP contribution is 2.31. The first-order valence-corrected chi connectivity index (χ1v) is 10.5. The number of alkyl halides is 2. The lowest BCUT2D eigenvalue weighted by molar-refractivity contribution is -0.0494. The van der Waals surface area contributed by atoms with Gasteiger partial charge in [-0.3, -0.25) is 4.72 Å². The van der Waals surface area contributed by atoms with E-state index < -0.39 is 28.2 Å². The standard InChI is InChI=1S/C19H22F3N3O3S/c1-13-3-5-15(12-17(13)25-9-7-24(2)8-10-25)29(26,27)23-16-6-4-14(20)11-18(16)28-19(21)22/h3-6,11-12,19,23H,7-10H2,1-2H3. The van der Waals surface area contributed by atoms with Gasteiger partial charge in [0.2, 0.25) is 0 Å². The maximum Gasteiger partial charge on any atom is 0.387 e. The van der Waals surface area contributed by atoms with Crippen LogP contribution < -0.4 is 14.4 Å². The predicted molar refractivity (Wildman–Crippen MR) is 105 cm³/mol. The van der Waals surface area contributed by atoms with E-state index in [1.54, 1.807) is 12.1 Å².